The topological polar surface area (TPSA) is 74.3 Å². The van der Waals surface area contributed by atoms with Crippen molar-refractivity contribution in [1.29, 1.82) is 0 Å². The maximum absolute atomic E-state index is 12.3. The quantitative estimate of drug-likeness (QED) is 0.880. The zero-order valence-corrected chi connectivity index (χ0v) is 14.4. The number of thiazole rings is 1. The fourth-order valence-electron chi connectivity index (χ4n) is 3.72. The largest absolute Gasteiger partial charge is 0.338 e. The van der Waals surface area contributed by atoms with E-state index in [0.29, 0.717) is 11.6 Å². The number of urea groups is 1. The normalized spacial score (nSPS) is 23.4. The molecule has 3 heterocycles. The van der Waals surface area contributed by atoms with Gasteiger partial charge < -0.3 is 10.2 Å². The number of fused-ring (bicyclic) bond motifs is 2. The molecule has 1 aromatic heterocycles. The van der Waals surface area contributed by atoms with E-state index in [0.717, 1.165) is 41.6 Å². The lowest BCUT2D eigenvalue weighted by Gasteiger charge is -2.32. The molecule has 2 aliphatic rings. The number of aromatic nitrogens is 1. The number of para-hydroxylation sites is 1. The molecule has 0 aliphatic carbocycles. The Morgan fingerprint density at radius 1 is 1.38 bits per heavy atom. The Morgan fingerprint density at radius 3 is 3.08 bits per heavy atom. The Morgan fingerprint density at radius 2 is 2.25 bits per heavy atom. The number of benzene rings is 1. The van der Waals surface area contributed by atoms with E-state index in [1.165, 1.54) is 11.3 Å². The van der Waals surface area contributed by atoms with Crippen molar-refractivity contribution >= 4 is 38.6 Å². The smallest absolute Gasteiger partial charge is 0.321 e. The molecule has 2 unspecified atom stereocenters. The molecule has 0 spiro atoms. The van der Waals surface area contributed by atoms with Gasteiger partial charge in [0.1, 0.15) is 0 Å². The number of anilines is 1. The molecule has 2 N–H and O–H groups in total. The van der Waals surface area contributed by atoms with Crippen LogP contribution in [0, 0.1) is 6.92 Å². The molecule has 24 heavy (non-hydrogen) atoms. The van der Waals surface area contributed by atoms with E-state index in [4.69, 9.17) is 0 Å². The summed E-state index contributed by atoms with van der Waals surface area (Å²) in [7, 11) is 0. The van der Waals surface area contributed by atoms with Crippen LogP contribution in [0.5, 0.6) is 0 Å². The van der Waals surface area contributed by atoms with Crippen molar-refractivity contribution in [3.63, 3.8) is 0 Å². The summed E-state index contributed by atoms with van der Waals surface area (Å²) in [4.78, 5) is 30.8. The number of carbonyl (C=O) groups excluding carboxylic acids is 2. The van der Waals surface area contributed by atoms with E-state index in [2.05, 4.69) is 15.6 Å². The molecule has 7 heteroatoms. The van der Waals surface area contributed by atoms with Gasteiger partial charge in [-0.1, -0.05) is 23.5 Å². The van der Waals surface area contributed by atoms with Crippen molar-refractivity contribution in [3.05, 3.63) is 23.8 Å². The van der Waals surface area contributed by atoms with Gasteiger partial charge in [-0.25, -0.2) is 9.78 Å². The van der Waals surface area contributed by atoms with Crippen LogP contribution < -0.4 is 10.6 Å². The molecule has 3 amide bonds. The molecular weight excluding hydrogens is 324 g/mol. The zero-order chi connectivity index (χ0) is 16.7. The Labute approximate surface area is 144 Å². The maximum atomic E-state index is 12.3. The van der Waals surface area contributed by atoms with Gasteiger partial charge in [0, 0.05) is 13.0 Å². The highest BCUT2D eigenvalue weighted by molar-refractivity contribution is 7.22. The van der Waals surface area contributed by atoms with Crippen LogP contribution in [0.25, 0.3) is 10.2 Å². The highest BCUT2D eigenvalue weighted by Gasteiger charge is 2.41. The average Bonchev–Trinajstić information content (AvgIpc) is 3.10. The van der Waals surface area contributed by atoms with Gasteiger partial charge in [0.15, 0.2) is 5.13 Å². The monoisotopic (exact) mass is 344 g/mol. The third-order valence-electron chi connectivity index (χ3n) is 4.89. The highest BCUT2D eigenvalue weighted by atomic mass is 32.1. The van der Waals surface area contributed by atoms with Crippen LogP contribution in [0.3, 0.4) is 0 Å². The van der Waals surface area contributed by atoms with Crippen molar-refractivity contribution in [1.82, 2.24) is 15.2 Å². The second-order valence-electron chi connectivity index (χ2n) is 6.50. The molecule has 2 aromatic rings. The predicted molar refractivity (Wildman–Crippen MR) is 94.3 cm³/mol. The average molecular weight is 344 g/mol. The fraction of sp³-hybridized carbons (Fsp3) is 0.471. The summed E-state index contributed by atoms with van der Waals surface area (Å²) in [6.45, 7) is 2.83. The van der Waals surface area contributed by atoms with Crippen molar-refractivity contribution in [2.24, 2.45) is 0 Å². The minimum Gasteiger partial charge on any atom is -0.338 e. The highest BCUT2D eigenvalue weighted by Crippen LogP contribution is 2.29. The number of hydrogen-bond acceptors (Lipinski definition) is 4. The van der Waals surface area contributed by atoms with E-state index in [1.54, 1.807) is 0 Å². The summed E-state index contributed by atoms with van der Waals surface area (Å²) < 4.78 is 1.06. The Hall–Kier alpha value is -2.15. The Bertz CT molecular complexity index is 803. The third-order valence-corrected chi connectivity index (χ3v) is 5.82. The van der Waals surface area contributed by atoms with Gasteiger partial charge in [0.05, 0.1) is 22.3 Å². The van der Waals surface area contributed by atoms with E-state index in [1.807, 2.05) is 30.0 Å². The third kappa shape index (κ3) is 2.73. The number of amides is 3. The van der Waals surface area contributed by atoms with Crippen LogP contribution in [0.15, 0.2) is 18.2 Å². The summed E-state index contributed by atoms with van der Waals surface area (Å²) >= 11 is 1.46. The van der Waals surface area contributed by atoms with Crippen LogP contribution in [-0.2, 0) is 4.79 Å². The second-order valence-corrected chi connectivity index (χ2v) is 7.53. The van der Waals surface area contributed by atoms with Crippen LogP contribution in [0.1, 0.15) is 31.2 Å². The summed E-state index contributed by atoms with van der Waals surface area (Å²) in [6, 6.07) is 5.76. The molecule has 6 nitrogen and oxygen atoms in total. The van der Waals surface area contributed by atoms with Gasteiger partial charge >= 0.3 is 6.03 Å². The van der Waals surface area contributed by atoms with Crippen LogP contribution >= 0.6 is 11.3 Å². The van der Waals surface area contributed by atoms with E-state index in [-0.39, 0.29) is 24.0 Å². The van der Waals surface area contributed by atoms with Gasteiger partial charge in [0.25, 0.3) is 0 Å². The molecule has 2 aliphatic heterocycles. The number of rotatable bonds is 2. The SMILES string of the molecule is Cc1cccc2sc(NC(=O)NC3CC(=O)N4CCCCC34)nc12. The van der Waals surface area contributed by atoms with Gasteiger partial charge in [-0.2, -0.15) is 0 Å². The van der Waals surface area contributed by atoms with Crippen molar-refractivity contribution < 1.29 is 9.59 Å². The van der Waals surface area contributed by atoms with Gasteiger partial charge in [-0.05, 0) is 37.8 Å². The van der Waals surface area contributed by atoms with Gasteiger partial charge in [-0.3, -0.25) is 10.1 Å². The molecular formula is C17H20N4O2S. The molecule has 1 aromatic carbocycles. The number of hydrogen-bond donors (Lipinski definition) is 2. The van der Waals surface area contributed by atoms with E-state index >= 15 is 0 Å². The number of nitrogens with zero attached hydrogens (tertiary/aromatic N) is 2. The first-order valence-electron chi connectivity index (χ1n) is 8.35. The summed E-state index contributed by atoms with van der Waals surface area (Å²) in [6.07, 6.45) is 3.55. The van der Waals surface area contributed by atoms with Gasteiger partial charge in [-0.15, -0.1) is 0 Å². The predicted octanol–water partition coefficient (Wildman–Crippen LogP) is 2.88. The molecule has 2 atom stereocenters. The van der Waals surface area contributed by atoms with E-state index < -0.39 is 0 Å². The number of carbonyl (C=O) groups is 2. The first-order chi connectivity index (χ1) is 11.6. The van der Waals surface area contributed by atoms with Crippen LogP contribution in [-0.4, -0.2) is 40.5 Å². The lowest BCUT2D eigenvalue weighted by Crippen LogP contribution is -2.48. The van der Waals surface area contributed by atoms with Crippen LogP contribution in [0.2, 0.25) is 0 Å². The maximum Gasteiger partial charge on any atom is 0.321 e. The minimum absolute atomic E-state index is 0.103. The Kier molecular flexibility index (Phi) is 3.88. The van der Waals surface area contributed by atoms with Crippen LogP contribution in [0.4, 0.5) is 9.93 Å². The molecule has 0 radical (unpaired) electrons. The molecule has 126 valence electrons. The molecule has 0 saturated carbocycles. The molecule has 0 bridgehead atoms. The summed E-state index contributed by atoms with van der Waals surface area (Å²) in [5.74, 6) is 0.153. The molecule has 2 fully saturated rings. The molecule has 4 rings (SSSR count). The lowest BCUT2D eigenvalue weighted by molar-refractivity contribution is -0.129. The summed E-state index contributed by atoms with van der Waals surface area (Å²) in [5.41, 5.74) is 2.02. The first kappa shape index (κ1) is 15.4. The molecule has 2 saturated heterocycles. The minimum atomic E-state index is -0.281. The number of piperidine rings is 1. The van der Waals surface area contributed by atoms with Gasteiger partial charge in [0.2, 0.25) is 5.91 Å². The van der Waals surface area contributed by atoms with E-state index in [9.17, 15) is 9.59 Å². The van der Waals surface area contributed by atoms with Crippen molar-refractivity contribution in [3.8, 4) is 0 Å². The number of nitrogens with one attached hydrogen (secondary N) is 2. The fourth-order valence-corrected chi connectivity index (χ4v) is 4.65. The Balaban J connectivity index is 1.44. The first-order valence-corrected chi connectivity index (χ1v) is 9.16. The summed E-state index contributed by atoms with van der Waals surface area (Å²) in [5, 5.41) is 6.38. The number of aryl methyl sites for hydroxylation is 1. The second kappa shape index (κ2) is 6.05. The zero-order valence-electron chi connectivity index (χ0n) is 13.5. The lowest BCUT2D eigenvalue weighted by atomic mass is 9.99. The standard InChI is InChI=1S/C17H20N4O2S/c1-10-5-4-7-13-15(10)19-17(24-13)20-16(23)18-11-9-14(22)21-8-3-2-6-12(11)21/h4-5,7,11-12H,2-3,6,8-9H2,1H3,(H2,18,19,20,23). The van der Waals surface area contributed by atoms with Crippen molar-refractivity contribution in [2.75, 3.05) is 11.9 Å². The van der Waals surface area contributed by atoms with Crippen molar-refractivity contribution in [2.45, 2.75) is 44.7 Å².